The first-order valence-corrected chi connectivity index (χ1v) is 10.8. The van der Waals surface area contributed by atoms with Crippen LogP contribution in [0, 0.1) is 5.92 Å². The van der Waals surface area contributed by atoms with Crippen molar-refractivity contribution in [2.24, 2.45) is 13.0 Å². The molecule has 3 rings (SSSR count). The fraction of sp³-hybridized carbons (Fsp3) is 0.824. The van der Waals surface area contributed by atoms with Gasteiger partial charge in [0.1, 0.15) is 0 Å². The van der Waals surface area contributed by atoms with Crippen molar-refractivity contribution in [2.45, 2.75) is 43.5 Å². The zero-order valence-electron chi connectivity index (χ0n) is 16.4. The maximum atomic E-state index is 12.8. The minimum atomic E-state index is -4.68. The minimum Gasteiger partial charge on any atom is -0.376 e. The normalized spacial score (nSPS) is 25.1. The van der Waals surface area contributed by atoms with Gasteiger partial charge in [-0.2, -0.15) is 22.6 Å². The summed E-state index contributed by atoms with van der Waals surface area (Å²) in [5.41, 5.74) is -1.33. The molecule has 160 valence electrons. The number of aromatic nitrogens is 2. The Hall–Kier alpha value is -1.17. The van der Waals surface area contributed by atoms with Crippen molar-refractivity contribution in [1.82, 2.24) is 19.0 Å². The van der Waals surface area contributed by atoms with Gasteiger partial charge in [-0.05, 0) is 32.6 Å². The average Bonchev–Trinajstić information content (AvgIpc) is 2.97. The Morgan fingerprint density at radius 3 is 2.43 bits per heavy atom. The zero-order chi connectivity index (χ0) is 20.7. The molecule has 2 saturated heterocycles. The van der Waals surface area contributed by atoms with E-state index in [9.17, 15) is 21.6 Å². The Bertz CT molecular complexity index is 799. The quantitative estimate of drug-likeness (QED) is 0.739. The highest BCUT2D eigenvalue weighted by atomic mass is 32.2. The molecular formula is C17H27F3N4O3S. The molecule has 28 heavy (non-hydrogen) atoms. The molecule has 0 aliphatic carbocycles. The number of rotatable bonds is 4. The van der Waals surface area contributed by atoms with E-state index in [1.807, 2.05) is 0 Å². The Morgan fingerprint density at radius 2 is 1.89 bits per heavy atom. The van der Waals surface area contributed by atoms with Crippen LogP contribution in [0.15, 0.2) is 11.1 Å². The van der Waals surface area contributed by atoms with Crippen LogP contribution in [0.2, 0.25) is 0 Å². The van der Waals surface area contributed by atoms with Crippen molar-refractivity contribution in [1.29, 1.82) is 0 Å². The smallest absolute Gasteiger partial charge is 0.376 e. The first-order chi connectivity index (χ1) is 12.9. The Kier molecular flexibility index (Phi) is 5.83. The van der Waals surface area contributed by atoms with Crippen LogP contribution in [0.1, 0.15) is 32.4 Å². The van der Waals surface area contributed by atoms with Crippen molar-refractivity contribution in [3.8, 4) is 0 Å². The molecule has 0 amide bonds. The van der Waals surface area contributed by atoms with E-state index in [4.69, 9.17) is 4.74 Å². The molecule has 0 radical (unpaired) electrons. The average molecular weight is 424 g/mol. The van der Waals surface area contributed by atoms with Gasteiger partial charge < -0.3 is 9.64 Å². The zero-order valence-corrected chi connectivity index (χ0v) is 17.2. The van der Waals surface area contributed by atoms with Crippen LogP contribution in [-0.2, 0) is 28.0 Å². The number of ether oxygens (including phenoxy) is 1. The highest BCUT2D eigenvalue weighted by Crippen LogP contribution is 2.31. The van der Waals surface area contributed by atoms with Crippen molar-refractivity contribution in [2.75, 3.05) is 39.3 Å². The number of nitrogens with zero attached hydrogens (tertiary/aromatic N) is 4. The summed E-state index contributed by atoms with van der Waals surface area (Å²) in [6, 6.07) is 0.603. The van der Waals surface area contributed by atoms with E-state index in [0.717, 1.165) is 30.7 Å². The summed E-state index contributed by atoms with van der Waals surface area (Å²) < 4.78 is 71.9. The first-order valence-electron chi connectivity index (χ1n) is 9.36. The largest absolute Gasteiger partial charge is 0.435 e. The summed E-state index contributed by atoms with van der Waals surface area (Å²) >= 11 is 0. The van der Waals surface area contributed by atoms with Crippen LogP contribution in [0.3, 0.4) is 0 Å². The number of aryl methyl sites for hydroxylation is 1. The van der Waals surface area contributed by atoms with Crippen molar-refractivity contribution in [3.63, 3.8) is 0 Å². The van der Waals surface area contributed by atoms with Gasteiger partial charge in [0.15, 0.2) is 10.7 Å². The summed E-state index contributed by atoms with van der Waals surface area (Å²) in [5.74, 6) is 0.498. The van der Waals surface area contributed by atoms with E-state index < -0.39 is 26.9 Å². The van der Waals surface area contributed by atoms with E-state index in [2.05, 4.69) is 23.8 Å². The number of alkyl halides is 3. The lowest BCUT2D eigenvalue weighted by Crippen LogP contribution is -2.50. The maximum Gasteiger partial charge on any atom is 0.435 e. The van der Waals surface area contributed by atoms with Crippen LogP contribution in [0.5, 0.6) is 0 Å². The van der Waals surface area contributed by atoms with Crippen LogP contribution < -0.4 is 0 Å². The van der Waals surface area contributed by atoms with Crippen LogP contribution >= 0.6 is 0 Å². The van der Waals surface area contributed by atoms with Gasteiger partial charge in [-0.3, -0.25) is 4.68 Å². The summed E-state index contributed by atoms with van der Waals surface area (Å²) in [7, 11) is -2.81. The molecule has 2 aliphatic rings. The molecule has 1 aromatic heterocycles. The lowest BCUT2D eigenvalue weighted by atomic mass is 9.88. The van der Waals surface area contributed by atoms with Crippen LogP contribution in [0.25, 0.3) is 0 Å². The number of halogens is 3. The van der Waals surface area contributed by atoms with Crippen molar-refractivity contribution < 1.29 is 26.3 Å². The van der Waals surface area contributed by atoms with Gasteiger partial charge in [0.05, 0.1) is 5.60 Å². The predicted octanol–water partition coefficient (Wildman–Crippen LogP) is 1.95. The molecule has 1 aromatic rings. The Balaban J connectivity index is 1.62. The number of sulfonamides is 1. The fourth-order valence-corrected chi connectivity index (χ4v) is 5.54. The number of hydrogen-bond acceptors (Lipinski definition) is 5. The van der Waals surface area contributed by atoms with E-state index >= 15 is 0 Å². The second-order valence-corrected chi connectivity index (χ2v) is 10.0. The molecule has 3 heterocycles. The second kappa shape index (κ2) is 7.58. The molecule has 11 heteroatoms. The van der Waals surface area contributed by atoms with Gasteiger partial charge in [-0.25, -0.2) is 8.42 Å². The molecule has 0 saturated carbocycles. The molecular weight excluding hydrogens is 397 g/mol. The third-order valence-corrected chi connectivity index (χ3v) is 7.33. The van der Waals surface area contributed by atoms with E-state index in [1.54, 1.807) is 0 Å². The van der Waals surface area contributed by atoms with Crippen LogP contribution in [0.4, 0.5) is 13.2 Å². The molecule has 2 aliphatic heterocycles. The molecule has 0 N–H and O–H groups in total. The summed E-state index contributed by atoms with van der Waals surface area (Å²) in [5, 5.41) is 2.88. The minimum absolute atomic E-state index is 0.135. The molecule has 0 bridgehead atoms. The third kappa shape index (κ3) is 4.69. The predicted molar refractivity (Wildman–Crippen MR) is 96.2 cm³/mol. The van der Waals surface area contributed by atoms with E-state index in [-0.39, 0.29) is 18.7 Å². The lowest BCUT2D eigenvalue weighted by Gasteiger charge is -2.40. The summed E-state index contributed by atoms with van der Waals surface area (Å²) in [4.78, 5) is 2.22. The summed E-state index contributed by atoms with van der Waals surface area (Å²) in [6.45, 7) is 7.38. The third-order valence-electron chi connectivity index (χ3n) is 5.38. The van der Waals surface area contributed by atoms with E-state index in [0.29, 0.717) is 25.1 Å². The Morgan fingerprint density at radius 1 is 1.25 bits per heavy atom. The van der Waals surface area contributed by atoms with Gasteiger partial charge in [-0.15, -0.1) is 0 Å². The van der Waals surface area contributed by atoms with Crippen LogP contribution in [-0.4, -0.2) is 72.3 Å². The Labute approximate surface area is 163 Å². The SMILES string of the molecule is Cn1nc(C(F)(F)F)cc1S(=O)(=O)N1CCN(C[C@@H]2CCOC(C)(C)C2)CC1. The van der Waals surface area contributed by atoms with Gasteiger partial charge in [0.2, 0.25) is 0 Å². The van der Waals surface area contributed by atoms with Crippen molar-refractivity contribution >= 4 is 10.0 Å². The standard InChI is InChI=1S/C17H27F3N4O3S/c1-16(2)11-13(4-9-27-16)12-23-5-7-24(8-6-23)28(25,26)15-10-14(17(18,19)20)21-22(15)3/h10,13H,4-9,11-12H2,1-3H3/t13-/m1/s1. The van der Waals surface area contributed by atoms with Gasteiger partial charge in [0, 0.05) is 52.4 Å². The van der Waals surface area contributed by atoms with Gasteiger partial charge >= 0.3 is 6.18 Å². The monoisotopic (exact) mass is 424 g/mol. The second-order valence-electron chi connectivity index (χ2n) is 8.16. The maximum absolute atomic E-state index is 12.8. The van der Waals surface area contributed by atoms with E-state index in [1.165, 1.54) is 11.4 Å². The highest BCUT2D eigenvalue weighted by Gasteiger charge is 2.39. The fourth-order valence-electron chi connectivity index (χ4n) is 3.99. The molecule has 1 atom stereocenters. The molecule has 0 spiro atoms. The highest BCUT2D eigenvalue weighted by molar-refractivity contribution is 7.89. The molecule has 2 fully saturated rings. The molecule has 0 aromatic carbocycles. The molecule has 0 unspecified atom stereocenters. The topological polar surface area (TPSA) is 67.7 Å². The van der Waals surface area contributed by atoms with Crippen molar-refractivity contribution in [3.05, 3.63) is 11.8 Å². The summed E-state index contributed by atoms with van der Waals surface area (Å²) in [6.07, 6.45) is -2.74. The number of hydrogen-bond donors (Lipinski definition) is 0. The number of piperazine rings is 1. The molecule has 7 nitrogen and oxygen atoms in total. The van der Waals surface area contributed by atoms with Gasteiger partial charge in [0.25, 0.3) is 10.0 Å². The van der Waals surface area contributed by atoms with Gasteiger partial charge in [-0.1, -0.05) is 0 Å². The first kappa shape index (κ1) is 21.5. The lowest BCUT2D eigenvalue weighted by molar-refractivity contribution is -0.141.